The van der Waals surface area contributed by atoms with Gasteiger partial charge in [0.1, 0.15) is 11.5 Å². The average Bonchev–Trinajstić information content (AvgIpc) is 2.44. The van der Waals surface area contributed by atoms with Crippen LogP contribution in [0.25, 0.3) is 0 Å². The van der Waals surface area contributed by atoms with Crippen LogP contribution in [0.15, 0.2) is 42.5 Å². The highest BCUT2D eigenvalue weighted by Crippen LogP contribution is 2.26. The number of halogens is 2. The van der Waals surface area contributed by atoms with Crippen molar-refractivity contribution in [1.82, 2.24) is 0 Å². The summed E-state index contributed by atoms with van der Waals surface area (Å²) in [5.74, 6) is 1.55. The molecule has 0 N–H and O–H groups in total. The third-order valence-electron chi connectivity index (χ3n) is 2.71. The van der Waals surface area contributed by atoms with Gasteiger partial charge in [0.25, 0.3) is 0 Å². The van der Waals surface area contributed by atoms with Crippen LogP contribution in [0.2, 0.25) is 10.0 Å². The quantitative estimate of drug-likeness (QED) is 0.801. The summed E-state index contributed by atoms with van der Waals surface area (Å²) in [5, 5.41) is 1.17. The van der Waals surface area contributed by atoms with Gasteiger partial charge in [0.2, 0.25) is 0 Å². The molecule has 2 aromatic carbocycles. The summed E-state index contributed by atoms with van der Waals surface area (Å²) in [5.41, 5.74) is 0.983. The van der Waals surface area contributed by atoms with Gasteiger partial charge in [-0.05, 0) is 23.8 Å². The zero-order valence-corrected chi connectivity index (χ0v) is 12.0. The van der Waals surface area contributed by atoms with E-state index < -0.39 is 0 Å². The first-order valence-corrected chi connectivity index (χ1v) is 6.66. The van der Waals surface area contributed by atoms with E-state index in [-0.39, 0.29) is 0 Å². The van der Waals surface area contributed by atoms with E-state index in [1.807, 2.05) is 36.4 Å². The molecule has 0 heterocycles. The normalized spacial score (nSPS) is 10.3. The van der Waals surface area contributed by atoms with Crippen LogP contribution in [0, 0.1) is 0 Å². The zero-order chi connectivity index (χ0) is 13.7. The molecule has 2 aromatic rings. The standard InChI is InChI=1S/C15H14Cl2O2/c1-18-12-5-3-6-13(10-12)19-9-8-11-4-2-7-14(16)15(11)17/h2-7,10H,8-9H2,1H3. The fourth-order valence-corrected chi connectivity index (χ4v) is 2.13. The molecular formula is C15H14Cl2O2. The van der Waals surface area contributed by atoms with E-state index >= 15 is 0 Å². The predicted octanol–water partition coefficient (Wildman–Crippen LogP) is 4.62. The van der Waals surface area contributed by atoms with Gasteiger partial charge >= 0.3 is 0 Å². The Hall–Kier alpha value is -1.38. The number of ether oxygens (including phenoxy) is 2. The van der Waals surface area contributed by atoms with Crippen LogP contribution in [0.5, 0.6) is 11.5 Å². The van der Waals surface area contributed by atoms with Crippen LogP contribution in [0.3, 0.4) is 0 Å². The molecule has 0 fully saturated rings. The molecule has 4 heteroatoms. The van der Waals surface area contributed by atoms with E-state index in [4.69, 9.17) is 32.7 Å². The second-order valence-electron chi connectivity index (χ2n) is 3.99. The fourth-order valence-electron chi connectivity index (χ4n) is 1.71. The zero-order valence-electron chi connectivity index (χ0n) is 10.5. The summed E-state index contributed by atoms with van der Waals surface area (Å²) in [6.07, 6.45) is 0.705. The third-order valence-corrected chi connectivity index (χ3v) is 3.57. The number of benzene rings is 2. The average molecular weight is 297 g/mol. The van der Waals surface area contributed by atoms with Gasteiger partial charge in [-0.25, -0.2) is 0 Å². The first kappa shape index (κ1) is 14.0. The molecule has 100 valence electrons. The van der Waals surface area contributed by atoms with E-state index in [1.54, 1.807) is 13.2 Å². The Labute approximate surface area is 122 Å². The van der Waals surface area contributed by atoms with Crippen molar-refractivity contribution < 1.29 is 9.47 Å². The van der Waals surface area contributed by atoms with Crippen molar-refractivity contribution >= 4 is 23.2 Å². The smallest absolute Gasteiger partial charge is 0.122 e. The van der Waals surface area contributed by atoms with Gasteiger partial charge in [-0.15, -0.1) is 0 Å². The predicted molar refractivity (Wildman–Crippen MR) is 78.7 cm³/mol. The second-order valence-corrected chi connectivity index (χ2v) is 4.78. The fraction of sp³-hybridized carbons (Fsp3) is 0.200. The Bertz CT molecular complexity index is 556. The first-order chi connectivity index (χ1) is 9.20. The highest BCUT2D eigenvalue weighted by molar-refractivity contribution is 6.42. The van der Waals surface area contributed by atoms with Crippen molar-refractivity contribution in [2.75, 3.05) is 13.7 Å². The van der Waals surface area contributed by atoms with E-state index in [0.29, 0.717) is 23.1 Å². The summed E-state index contributed by atoms with van der Waals surface area (Å²) in [6.45, 7) is 0.535. The van der Waals surface area contributed by atoms with Crippen LogP contribution in [0.4, 0.5) is 0 Å². The third kappa shape index (κ3) is 3.79. The minimum absolute atomic E-state index is 0.535. The molecule has 0 unspecified atom stereocenters. The van der Waals surface area contributed by atoms with Crippen molar-refractivity contribution in [3.8, 4) is 11.5 Å². The molecular weight excluding hydrogens is 283 g/mol. The van der Waals surface area contributed by atoms with Crippen molar-refractivity contribution in [3.05, 3.63) is 58.1 Å². The number of hydrogen-bond acceptors (Lipinski definition) is 2. The molecule has 0 saturated heterocycles. The Balaban J connectivity index is 1.94. The van der Waals surface area contributed by atoms with Crippen molar-refractivity contribution in [3.63, 3.8) is 0 Å². The van der Waals surface area contributed by atoms with Gasteiger partial charge in [0, 0.05) is 12.5 Å². The highest BCUT2D eigenvalue weighted by Gasteiger charge is 2.04. The number of methoxy groups -OCH3 is 1. The molecule has 0 spiro atoms. The number of hydrogen-bond donors (Lipinski definition) is 0. The Morgan fingerprint density at radius 2 is 1.74 bits per heavy atom. The first-order valence-electron chi connectivity index (χ1n) is 5.90. The molecule has 0 aliphatic carbocycles. The Morgan fingerprint density at radius 3 is 2.53 bits per heavy atom. The lowest BCUT2D eigenvalue weighted by molar-refractivity contribution is 0.319. The van der Waals surface area contributed by atoms with E-state index in [2.05, 4.69) is 0 Å². The minimum atomic E-state index is 0.535. The highest BCUT2D eigenvalue weighted by atomic mass is 35.5. The molecule has 0 bridgehead atoms. The monoisotopic (exact) mass is 296 g/mol. The molecule has 0 amide bonds. The SMILES string of the molecule is COc1cccc(OCCc2cccc(Cl)c2Cl)c1. The van der Waals surface area contributed by atoms with Gasteiger partial charge in [-0.3, -0.25) is 0 Å². The van der Waals surface area contributed by atoms with Crippen LogP contribution in [-0.4, -0.2) is 13.7 Å². The van der Waals surface area contributed by atoms with Crippen molar-refractivity contribution in [1.29, 1.82) is 0 Å². The summed E-state index contributed by atoms with van der Waals surface area (Å²) < 4.78 is 10.8. The lowest BCUT2D eigenvalue weighted by Gasteiger charge is -2.09. The lowest BCUT2D eigenvalue weighted by atomic mass is 10.1. The van der Waals surface area contributed by atoms with Crippen LogP contribution in [0.1, 0.15) is 5.56 Å². The lowest BCUT2D eigenvalue weighted by Crippen LogP contribution is -2.02. The van der Waals surface area contributed by atoms with Gasteiger partial charge < -0.3 is 9.47 Å². The van der Waals surface area contributed by atoms with Crippen molar-refractivity contribution in [2.24, 2.45) is 0 Å². The van der Waals surface area contributed by atoms with Crippen LogP contribution >= 0.6 is 23.2 Å². The van der Waals surface area contributed by atoms with Gasteiger partial charge in [-0.1, -0.05) is 41.4 Å². The number of rotatable bonds is 5. The Morgan fingerprint density at radius 1 is 1.00 bits per heavy atom. The summed E-state index contributed by atoms with van der Waals surface area (Å²) >= 11 is 12.1. The minimum Gasteiger partial charge on any atom is -0.497 e. The second kappa shape index (κ2) is 6.69. The summed E-state index contributed by atoms with van der Waals surface area (Å²) in [6, 6.07) is 13.1. The van der Waals surface area contributed by atoms with Gasteiger partial charge in [0.15, 0.2) is 0 Å². The molecule has 0 radical (unpaired) electrons. The maximum Gasteiger partial charge on any atom is 0.122 e. The molecule has 0 aliphatic heterocycles. The molecule has 2 rings (SSSR count). The van der Waals surface area contributed by atoms with Gasteiger partial charge in [0.05, 0.1) is 23.8 Å². The summed E-state index contributed by atoms with van der Waals surface area (Å²) in [7, 11) is 1.63. The van der Waals surface area contributed by atoms with Crippen LogP contribution in [-0.2, 0) is 6.42 Å². The molecule has 0 aliphatic rings. The van der Waals surface area contributed by atoms with Gasteiger partial charge in [-0.2, -0.15) is 0 Å². The van der Waals surface area contributed by atoms with E-state index in [0.717, 1.165) is 17.1 Å². The molecule has 0 saturated carbocycles. The molecule has 0 aromatic heterocycles. The maximum absolute atomic E-state index is 6.12. The van der Waals surface area contributed by atoms with Crippen molar-refractivity contribution in [2.45, 2.75) is 6.42 Å². The molecule has 0 atom stereocenters. The largest absolute Gasteiger partial charge is 0.497 e. The Kier molecular flexibility index (Phi) is 4.94. The topological polar surface area (TPSA) is 18.5 Å². The van der Waals surface area contributed by atoms with E-state index in [1.165, 1.54) is 0 Å². The maximum atomic E-state index is 6.12. The molecule has 2 nitrogen and oxygen atoms in total. The molecule has 19 heavy (non-hydrogen) atoms. The van der Waals surface area contributed by atoms with E-state index in [9.17, 15) is 0 Å². The van der Waals surface area contributed by atoms with Crippen LogP contribution < -0.4 is 9.47 Å². The summed E-state index contributed by atoms with van der Waals surface area (Å²) in [4.78, 5) is 0.